The zero-order valence-corrected chi connectivity index (χ0v) is 11.4. The van der Waals surface area contributed by atoms with Crippen LogP contribution in [0.4, 0.5) is 0 Å². The van der Waals surface area contributed by atoms with E-state index in [0.29, 0.717) is 0 Å². The zero-order chi connectivity index (χ0) is 12.5. The van der Waals surface area contributed by atoms with Crippen LogP contribution in [0.1, 0.15) is 56.9 Å². The molecule has 17 heavy (non-hydrogen) atoms. The van der Waals surface area contributed by atoms with Crippen LogP contribution in [0.25, 0.3) is 0 Å². The second kappa shape index (κ2) is 4.73. The molecule has 94 valence electrons. The van der Waals surface area contributed by atoms with E-state index in [1.54, 1.807) is 0 Å². The maximum absolute atomic E-state index is 4.77. The second-order valence-corrected chi connectivity index (χ2v) is 6.10. The van der Waals surface area contributed by atoms with Crippen molar-refractivity contribution in [3.8, 4) is 0 Å². The van der Waals surface area contributed by atoms with E-state index in [9.17, 15) is 0 Å². The molecule has 3 heteroatoms. The summed E-state index contributed by atoms with van der Waals surface area (Å²) in [4.78, 5) is 9.48. The van der Waals surface area contributed by atoms with Crippen molar-refractivity contribution >= 4 is 0 Å². The first-order chi connectivity index (χ1) is 7.99. The first kappa shape index (κ1) is 12.5. The van der Waals surface area contributed by atoms with Gasteiger partial charge in [-0.1, -0.05) is 34.1 Å². The third-order valence-corrected chi connectivity index (χ3v) is 2.99. The van der Waals surface area contributed by atoms with Crippen LogP contribution in [-0.4, -0.2) is 9.97 Å². The van der Waals surface area contributed by atoms with Crippen molar-refractivity contribution in [3.63, 3.8) is 0 Å². The summed E-state index contributed by atoms with van der Waals surface area (Å²) >= 11 is 0. The average molecular weight is 233 g/mol. The molecular formula is C14H23N3. The van der Waals surface area contributed by atoms with Gasteiger partial charge in [0.2, 0.25) is 0 Å². The molecule has 0 saturated heterocycles. The van der Waals surface area contributed by atoms with Crippen molar-refractivity contribution in [1.29, 1.82) is 0 Å². The molecule has 0 aromatic carbocycles. The molecule has 1 aliphatic heterocycles. The van der Waals surface area contributed by atoms with Gasteiger partial charge in [-0.3, -0.25) is 0 Å². The number of nitrogens with one attached hydrogen (secondary N) is 1. The lowest BCUT2D eigenvalue weighted by Crippen LogP contribution is -2.14. The van der Waals surface area contributed by atoms with E-state index in [4.69, 9.17) is 9.97 Å². The number of aryl methyl sites for hydroxylation is 1. The van der Waals surface area contributed by atoms with E-state index in [0.717, 1.165) is 38.2 Å². The number of hydrogen-bond donors (Lipinski definition) is 1. The van der Waals surface area contributed by atoms with Crippen LogP contribution in [0.3, 0.4) is 0 Å². The molecule has 0 spiro atoms. The van der Waals surface area contributed by atoms with Gasteiger partial charge < -0.3 is 5.32 Å². The van der Waals surface area contributed by atoms with Crippen LogP contribution in [0, 0.1) is 5.41 Å². The van der Waals surface area contributed by atoms with Crippen molar-refractivity contribution in [1.82, 2.24) is 15.3 Å². The first-order valence-electron chi connectivity index (χ1n) is 6.58. The quantitative estimate of drug-likeness (QED) is 0.872. The Morgan fingerprint density at radius 3 is 2.59 bits per heavy atom. The Bertz CT molecular complexity index is 405. The van der Waals surface area contributed by atoms with Gasteiger partial charge in [0.25, 0.3) is 0 Å². The first-order valence-corrected chi connectivity index (χ1v) is 6.58. The van der Waals surface area contributed by atoms with Gasteiger partial charge in [-0.2, -0.15) is 0 Å². The largest absolute Gasteiger partial charge is 0.307 e. The van der Waals surface area contributed by atoms with Gasteiger partial charge in [-0.05, 0) is 11.8 Å². The van der Waals surface area contributed by atoms with Crippen molar-refractivity contribution in [2.75, 3.05) is 0 Å². The van der Waals surface area contributed by atoms with Crippen molar-refractivity contribution in [3.05, 3.63) is 22.8 Å². The highest BCUT2D eigenvalue weighted by atomic mass is 15.0. The van der Waals surface area contributed by atoms with Crippen LogP contribution >= 0.6 is 0 Å². The Labute approximate surface area is 104 Å². The highest BCUT2D eigenvalue weighted by molar-refractivity contribution is 5.29. The molecule has 0 saturated carbocycles. The number of hydrogen-bond acceptors (Lipinski definition) is 3. The molecule has 3 nitrogen and oxygen atoms in total. The summed E-state index contributed by atoms with van der Waals surface area (Å²) in [7, 11) is 0. The molecular weight excluding hydrogens is 210 g/mol. The van der Waals surface area contributed by atoms with Gasteiger partial charge in [-0.25, -0.2) is 9.97 Å². The molecule has 1 N–H and O–H groups in total. The Balaban J connectivity index is 2.32. The van der Waals surface area contributed by atoms with E-state index in [-0.39, 0.29) is 5.41 Å². The lowest BCUT2D eigenvalue weighted by Gasteiger charge is -2.18. The van der Waals surface area contributed by atoms with E-state index < -0.39 is 0 Å². The van der Waals surface area contributed by atoms with Crippen molar-refractivity contribution in [2.45, 2.75) is 60.0 Å². The molecule has 0 unspecified atom stereocenters. The topological polar surface area (TPSA) is 37.8 Å². The lowest BCUT2D eigenvalue weighted by atomic mass is 9.92. The fourth-order valence-electron chi connectivity index (χ4n) is 2.29. The third kappa shape index (κ3) is 3.03. The van der Waals surface area contributed by atoms with Crippen LogP contribution in [0.5, 0.6) is 0 Å². The van der Waals surface area contributed by atoms with Gasteiger partial charge in [0.05, 0.1) is 5.69 Å². The van der Waals surface area contributed by atoms with Gasteiger partial charge >= 0.3 is 0 Å². The predicted octanol–water partition coefficient (Wildman–Crippen LogP) is 2.62. The molecule has 0 aliphatic carbocycles. The van der Waals surface area contributed by atoms with Crippen LogP contribution in [0.15, 0.2) is 0 Å². The molecule has 0 radical (unpaired) electrons. The Morgan fingerprint density at radius 2 is 1.94 bits per heavy atom. The van der Waals surface area contributed by atoms with Gasteiger partial charge in [-0.15, -0.1) is 0 Å². The Hall–Kier alpha value is -0.960. The SMILES string of the molecule is CCCc1nc(CC(C)(C)C)nc2c1CNC2. The summed E-state index contributed by atoms with van der Waals surface area (Å²) in [5, 5.41) is 3.37. The average Bonchev–Trinajstić information content (AvgIpc) is 2.63. The zero-order valence-electron chi connectivity index (χ0n) is 11.4. The highest BCUT2D eigenvalue weighted by Gasteiger charge is 2.20. The van der Waals surface area contributed by atoms with E-state index in [1.165, 1.54) is 17.0 Å². The van der Waals surface area contributed by atoms with Gasteiger partial charge in [0.15, 0.2) is 0 Å². The molecule has 0 amide bonds. The smallest absolute Gasteiger partial charge is 0.129 e. The summed E-state index contributed by atoms with van der Waals surface area (Å²) in [5.41, 5.74) is 4.10. The fourth-order valence-corrected chi connectivity index (χ4v) is 2.29. The summed E-state index contributed by atoms with van der Waals surface area (Å²) < 4.78 is 0. The molecule has 0 bridgehead atoms. The third-order valence-electron chi connectivity index (χ3n) is 2.99. The van der Waals surface area contributed by atoms with Gasteiger partial charge in [0.1, 0.15) is 5.82 Å². The molecule has 1 aromatic rings. The number of nitrogens with zero attached hydrogens (tertiary/aromatic N) is 2. The van der Waals surface area contributed by atoms with Crippen LogP contribution < -0.4 is 5.32 Å². The number of aromatic nitrogens is 2. The monoisotopic (exact) mass is 233 g/mol. The molecule has 2 rings (SSSR count). The minimum absolute atomic E-state index is 0.254. The standard InChI is InChI=1S/C14H23N3/c1-5-6-11-10-8-15-9-12(10)17-13(16-11)7-14(2,3)4/h15H,5-9H2,1-4H3. The predicted molar refractivity (Wildman–Crippen MR) is 69.7 cm³/mol. The summed E-state index contributed by atoms with van der Waals surface area (Å²) in [6.07, 6.45) is 3.18. The van der Waals surface area contributed by atoms with Crippen molar-refractivity contribution in [2.24, 2.45) is 5.41 Å². The van der Waals surface area contributed by atoms with E-state index in [2.05, 4.69) is 33.0 Å². The summed E-state index contributed by atoms with van der Waals surface area (Å²) in [6.45, 7) is 10.8. The maximum atomic E-state index is 4.77. The van der Waals surface area contributed by atoms with Crippen molar-refractivity contribution < 1.29 is 0 Å². The minimum Gasteiger partial charge on any atom is -0.307 e. The van der Waals surface area contributed by atoms with Gasteiger partial charge in [0, 0.05) is 30.8 Å². The molecule has 0 fully saturated rings. The highest BCUT2D eigenvalue weighted by Crippen LogP contribution is 2.23. The molecule has 2 heterocycles. The Morgan fingerprint density at radius 1 is 1.18 bits per heavy atom. The summed E-state index contributed by atoms with van der Waals surface area (Å²) in [5.74, 6) is 1.02. The van der Waals surface area contributed by atoms with Crippen LogP contribution in [-0.2, 0) is 25.9 Å². The van der Waals surface area contributed by atoms with E-state index in [1.807, 2.05) is 0 Å². The number of rotatable bonds is 3. The Kier molecular flexibility index (Phi) is 3.48. The molecule has 1 aromatic heterocycles. The molecule has 0 atom stereocenters. The van der Waals surface area contributed by atoms with Crippen LogP contribution in [0.2, 0.25) is 0 Å². The number of fused-ring (bicyclic) bond motifs is 1. The maximum Gasteiger partial charge on any atom is 0.129 e. The second-order valence-electron chi connectivity index (χ2n) is 6.10. The lowest BCUT2D eigenvalue weighted by molar-refractivity contribution is 0.399. The van der Waals surface area contributed by atoms with E-state index >= 15 is 0 Å². The normalized spacial score (nSPS) is 15.1. The summed E-state index contributed by atoms with van der Waals surface area (Å²) in [6, 6.07) is 0. The fraction of sp³-hybridized carbons (Fsp3) is 0.714. The molecule has 1 aliphatic rings. The minimum atomic E-state index is 0.254.